The second-order valence-electron chi connectivity index (χ2n) is 4.69. The fraction of sp³-hybridized carbons (Fsp3) is 0.400. The van der Waals surface area contributed by atoms with Gasteiger partial charge in [0, 0.05) is 5.92 Å². The molecule has 0 atom stereocenters. The van der Waals surface area contributed by atoms with E-state index >= 15 is 0 Å². The number of rotatable bonds is 4. The first-order valence-electron chi connectivity index (χ1n) is 6.49. The van der Waals surface area contributed by atoms with Crippen molar-refractivity contribution in [1.29, 1.82) is 0 Å². The Hall–Kier alpha value is -1.77. The topological polar surface area (TPSA) is 52.0 Å². The van der Waals surface area contributed by atoms with Crippen molar-refractivity contribution in [1.82, 2.24) is 5.16 Å². The Morgan fingerprint density at radius 1 is 1.17 bits per heavy atom. The van der Waals surface area contributed by atoms with Gasteiger partial charge in [-0.15, -0.1) is 0 Å². The summed E-state index contributed by atoms with van der Waals surface area (Å²) in [5.74, 6) is 0.822. The first-order chi connectivity index (χ1) is 8.67. The standard InChI is InChI=1S/C15H20N2O/c1-4-11(5-2)14-13(15(16)18-17-14)12-8-6-10(3)7-9-12/h6-9,11H,4-5,16H2,1-3H3. The molecule has 0 radical (unpaired) electrons. The second-order valence-corrected chi connectivity index (χ2v) is 4.69. The van der Waals surface area contributed by atoms with E-state index in [1.807, 2.05) is 0 Å². The van der Waals surface area contributed by atoms with Gasteiger partial charge in [0.05, 0.1) is 11.3 Å². The number of aromatic nitrogens is 1. The summed E-state index contributed by atoms with van der Waals surface area (Å²) in [6, 6.07) is 8.31. The molecule has 0 bridgehead atoms. The zero-order valence-electron chi connectivity index (χ0n) is 11.2. The molecule has 0 aliphatic carbocycles. The molecule has 1 aromatic heterocycles. The van der Waals surface area contributed by atoms with E-state index in [-0.39, 0.29) is 0 Å². The molecule has 96 valence electrons. The number of hydrogen-bond donors (Lipinski definition) is 1. The van der Waals surface area contributed by atoms with Crippen LogP contribution < -0.4 is 5.73 Å². The lowest BCUT2D eigenvalue weighted by Crippen LogP contribution is -1.99. The van der Waals surface area contributed by atoms with Crippen molar-refractivity contribution in [2.45, 2.75) is 39.5 Å². The quantitative estimate of drug-likeness (QED) is 0.879. The summed E-state index contributed by atoms with van der Waals surface area (Å²) in [6.07, 6.45) is 2.09. The Morgan fingerprint density at radius 3 is 2.33 bits per heavy atom. The van der Waals surface area contributed by atoms with Gasteiger partial charge in [-0.1, -0.05) is 48.8 Å². The summed E-state index contributed by atoms with van der Waals surface area (Å²) in [6.45, 7) is 6.40. The summed E-state index contributed by atoms with van der Waals surface area (Å²) in [5.41, 5.74) is 10.2. The van der Waals surface area contributed by atoms with Crippen LogP contribution >= 0.6 is 0 Å². The van der Waals surface area contributed by atoms with E-state index in [2.05, 4.69) is 50.2 Å². The van der Waals surface area contributed by atoms with Gasteiger partial charge in [0.15, 0.2) is 0 Å². The molecule has 3 heteroatoms. The average Bonchev–Trinajstić information content (AvgIpc) is 2.74. The van der Waals surface area contributed by atoms with Gasteiger partial charge in [0.2, 0.25) is 5.88 Å². The minimum absolute atomic E-state index is 0.405. The number of nitrogens with zero attached hydrogens (tertiary/aromatic N) is 1. The van der Waals surface area contributed by atoms with E-state index in [1.54, 1.807) is 0 Å². The molecule has 2 aromatic rings. The van der Waals surface area contributed by atoms with E-state index in [1.165, 1.54) is 5.56 Å². The van der Waals surface area contributed by atoms with Crippen LogP contribution in [0.1, 0.15) is 43.9 Å². The van der Waals surface area contributed by atoms with Crippen molar-refractivity contribution in [3.8, 4) is 11.1 Å². The maximum Gasteiger partial charge on any atom is 0.230 e. The third-order valence-electron chi connectivity index (χ3n) is 3.46. The zero-order valence-corrected chi connectivity index (χ0v) is 11.2. The molecule has 0 aliphatic heterocycles. The van der Waals surface area contributed by atoms with Crippen molar-refractivity contribution in [3.05, 3.63) is 35.5 Å². The van der Waals surface area contributed by atoms with E-state index in [9.17, 15) is 0 Å². The molecule has 0 amide bonds. The highest BCUT2D eigenvalue weighted by atomic mass is 16.5. The molecule has 1 aromatic carbocycles. The third kappa shape index (κ3) is 2.26. The van der Waals surface area contributed by atoms with Gasteiger partial charge in [-0.05, 0) is 25.3 Å². The van der Waals surface area contributed by atoms with Gasteiger partial charge in [0.25, 0.3) is 0 Å². The van der Waals surface area contributed by atoms with Crippen LogP contribution in [0.4, 0.5) is 5.88 Å². The van der Waals surface area contributed by atoms with Crippen molar-refractivity contribution >= 4 is 5.88 Å². The summed E-state index contributed by atoms with van der Waals surface area (Å²) in [7, 11) is 0. The van der Waals surface area contributed by atoms with Crippen molar-refractivity contribution in [2.75, 3.05) is 5.73 Å². The Kier molecular flexibility index (Phi) is 3.70. The first-order valence-corrected chi connectivity index (χ1v) is 6.49. The lowest BCUT2D eigenvalue weighted by molar-refractivity contribution is 0.416. The van der Waals surface area contributed by atoms with Crippen LogP contribution in [-0.2, 0) is 0 Å². The van der Waals surface area contributed by atoms with Gasteiger partial charge in [-0.25, -0.2) is 0 Å². The van der Waals surface area contributed by atoms with E-state index in [4.69, 9.17) is 10.3 Å². The highest BCUT2D eigenvalue weighted by molar-refractivity contribution is 5.75. The molecule has 0 saturated carbocycles. The highest BCUT2D eigenvalue weighted by Crippen LogP contribution is 2.36. The lowest BCUT2D eigenvalue weighted by atomic mass is 9.93. The second kappa shape index (κ2) is 5.25. The molecular formula is C15H20N2O. The van der Waals surface area contributed by atoms with E-state index in [0.717, 1.165) is 29.7 Å². The number of aryl methyl sites for hydroxylation is 1. The van der Waals surface area contributed by atoms with E-state index < -0.39 is 0 Å². The van der Waals surface area contributed by atoms with Crippen molar-refractivity contribution < 1.29 is 4.52 Å². The molecule has 0 spiro atoms. The van der Waals surface area contributed by atoms with Crippen LogP contribution in [0.2, 0.25) is 0 Å². The van der Waals surface area contributed by atoms with Crippen molar-refractivity contribution in [2.24, 2.45) is 0 Å². The number of nitrogens with two attached hydrogens (primary N) is 1. The summed E-state index contributed by atoms with van der Waals surface area (Å²) < 4.78 is 5.19. The van der Waals surface area contributed by atoms with Gasteiger partial charge in [0.1, 0.15) is 0 Å². The Labute approximate surface area is 108 Å². The molecule has 2 N–H and O–H groups in total. The highest BCUT2D eigenvalue weighted by Gasteiger charge is 2.21. The Bertz CT molecular complexity index is 510. The number of hydrogen-bond acceptors (Lipinski definition) is 3. The first kappa shape index (κ1) is 12.7. The van der Waals surface area contributed by atoms with Crippen LogP contribution in [0.3, 0.4) is 0 Å². The van der Waals surface area contributed by atoms with Crippen LogP contribution in [0.5, 0.6) is 0 Å². The molecule has 0 aliphatic rings. The minimum atomic E-state index is 0.405. The predicted octanol–water partition coefficient (Wildman–Crippen LogP) is 4.14. The molecule has 1 heterocycles. The molecule has 0 saturated heterocycles. The average molecular weight is 244 g/mol. The van der Waals surface area contributed by atoms with Gasteiger partial charge in [-0.3, -0.25) is 0 Å². The summed E-state index contributed by atoms with van der Waals surface area (Å²) in [4.78, 5) is 0. The summed E-state index contributed by atoms with van der Waals surface area (Å²) >= 11 is 0. The monoisotopic (exact) mass is 244 g/mol. The molecule has 2 rings (SSSR count). The number of nitrogen functional groups attached to an aromatic ring is 1. The van der Waals surface area contributed by atoms with Crippen LogP contribution in [-0.4, -0.2) is 5.16 Å². The minimum Gasteiger partial charge on any atom is -0.367 e. The summed E-state index contributed by atoms with van der Waals surface area (Å²) in [5, 5.41) is 4.16. The SMILES string of the molecule is CCC(CC)c1noc(N)c1-c1ccc(C)cc1. The normalized spacial score (nSPS) is 11.1. The van der Waals surface area contributed by atoms with Crippen LogP contribution in [0.15, 0.2) is 28.8 Å². The predicted molar refractivity (Wildman–Crippen MR) is 74.4 cm³/mol. The molecular weight excluding hydrogens is 224 g/mol. The number of anilines is 1. The fourth-order valence-electron chi connectivity index (χ4n) is 2.28. The molecule has 3 nitrogen and oxygen atoms in total. The van der Waals surface area contributed by atoms with Crippen LogP contribution in [0, 0.1) is 6.92 Å². The molecule has 0 fully saturated rings. The third-order valence-corrected chi connectivity index (χ3v) is 3.46. The Morgan fingerprint density at radius 2 is 1.78 bits per heavy atom. The van der Waals surface area contributed by atoms with E-state index in [0.29, 0.717) is 11.8 Å². The van der Waals surface area contributed by atoms with Gasteiger partial charge >= 0.3 is 0 Å². The zero-order chi connectivity index (χ0) is 13.1. The van der Waals surface area contributed by atoms with Gasteiger partial charge in [-0.2, -0.15) is 0 Å². The maximum atomic E-state index is 5.93. The van der Waals surface area contributed by atoms with Crippen molar-refractivity contribution in [3.63, 3.8) is 0 Å². The maximum absolute atomic E-state index is 5.93. The number of benzene rings is 1. The van der Waals surface area contributed by atoms with Gasteiger partial charge < -0.3 is 10.3 Å². The Balaban J connectivity index is 2.49. The smallest absolute Gasteiger partial charge is 0.230 e. The fourth-order valence-corrected chi connectivity index (χ4v) is 2.28. The lowest BCUT2D eigenvalue weighted by Gasteiger charge is -2.11. The molecule has 0 unspecified atom stereocenters. The van der Waals surface area contributed by atoms with Crippen LogP contribution in [0.25, 0.3) is 11.1 Å². The largest absolute Gasteiger partial charge is 0.367 e. The molecule has 18 heavy (non-hydrogen) atoms.